The van der Waals surface area contributed by atoms with Gasteiger partial charge in [0.2, 0.25) is 0 Å². The third-order valence-electron chi connectivity index (χ3n) is 3.69. The van der Waals surface area contributed by atoms with Crippen LogP contribution in [0.3, 0.4) is 0 Å². The van der Waals surface area contributed by atoms with Crippen molar-refractivity contribution in [1.82, 2.24) is 14.5 Å². The van der Waals surface area contributed by atoms with E-state index in [0.29, 0.717) is 5.88 Å². The molecular weight excluding hydrogens is 302 g/mol. The molecule has 3 rings (SSSR count). The van der Waals surface area contributed by atoms with Crippen LogP contribution in [-0.4, -0.2) is 20.4 Å². The monoisotopic (exact) mass is 319 g/mol. The fourth-order valence-corrected chi connectivity index (χ4v) is 3.63. The average molecular weight is 320 g/mol. The number of imidazole rings is 1. The van der Waals surface area contributed by atoms with Crippen LogP contribution in [0, 0.1) is 0 Å². The quantitative estimate of drug-likeness (QED) is 0.658. The third-order valence-corrected chi connectivity index (χ3v) is 5.11. The molecule has 0 saturated carbocycles. The van der Waals surface area contributed by atoms with Gasteiger partial charge in [0.25, 0.3) is 0 Å². The SMILES string of the molecule is CC(C)(Cn1c(CCCl)nc2cnccc21)c1cccs1. The number of thiophene rings is 1. The first-order valence-electron chi connectivity index (χ1n) is 7.01. The molecule has 3 aromatic rings. The molecule has 3 nitrogen and oxygen atoms in total. The summed E-state index contributed by atoms with van der Waals surface area (Å²) in [6.07, 6.45) is 4.42. The summed E-state index contributed by atoms with van der Waals surface area (Å²) in [7, 11) is 0. The Morgan fingerprint density at radius 1 is 1.33 bits per heavy atom. The number of halogens is 1. The molecule has 0 radical (unpaired) electrons. The van der Waals surface area contributed by atoms with Crippen molar-refractivity contribution in [3.63, 3.8) is 0 Å². The zero-order valence-corrected chi connectivity index (χ0v) is 13.8. The van der Waals surface area contributed by atoms with E-state index in [2.05, 4.69) is 45.9 Å². The van der Waals surface area contributed by atoms with Gasteiger partial charge in [-0.05, 0) is 17.5 Å². The molecule has 0 aliphatic rings. The number of alkyl halides is 1. The first kappa shape index (κ1) is 14.5. The molecule has 5 heteroatoms. The number of aryl methyl sites for hydroxylation is 1. The Kier molecular flexibility index (Phi) is 4.00. The van der Waals surface area contributed by atoms with Crippen molar-refractivity contribution >= 4 is 34.0 Å². The van der Waals surface area contributed by atoms with Crippen LogP contribution in [0.4, 0.5) is 0 Å². The molecule has 0 spiro atoms. The van der Waals surface area contributed by atoms with Crippen LogP contribution >= 0.6 is 22.9 Å². The van der Waals surface area contributed by atoms with Gasteiger partial charge in [-0.2, -0.15) is 0 Å². The summed E-state index contributed by atoms with van der Waals surface area (Å²) < 4.78 is 2.29. The van der Waals surface area contributed by atoms with Crippen molar-refractivity contribution in [2.24, 2.45) is 0 Å². The molecule has 0 aromatic carbocycles. The van der Waals surface area contributed by atoms with Crippen molar-refractivity contribution in [1.29, 1.82) is 0 Å². The average Bonchev–Trinajstić information content (AvgIpc) is 3.09. The Morgan fingerprint density at radius 3 is 2.90 bits per heavy atom. The van der Waals surface area contributed by atoms with Gasteiger partial charge in [0, 0.05) is 35.3 Å². The summed E-state index contributed by atoms with van der Waals surface area (Å²) in [5.41, 5.74) is 2.14. The molecule has 3 aromatic heterocycles. The molecule has 0 unspecified atom stereocenters. The van der Waals surface area contributed by atoms with E-state index in [4.69, 9.17) is 11.6 Å². The lowest BCUT2D eigenvalue weighted by Crippen LogP contribution is -2.24. The topological polar surface area (TPSA) is 30.7 Å². The molecule has 0 aliphatic heterocycles. The van der Waals surface area contributed by atoms with Crippen LogP contribution in [0.5, 0.6) is 0 Å². The van der Waals surface area contributed by atoms with E-state index in [1.54, 1.807) is 11.3 Å². The van der Waals surface area contributed by atoms with Crippen LogP contribution in [-0.2, 0) is 18.4 Å². The van der Waals surface area contributed by atoms with Crippen molar-refractivity contribution in [2.75, 3.05) is 5.88 Å². The molecule has 0 atom stereocenters. The van der Waals surface area contributed by atoms with Gasteiger partial charge in [0.1, 0.15) is 11.3 Å². The predicted octanol–water partition coefficient (Wildman–Crippen LogP) is 4.25. The molecular formula is C16H18ClN3S. The summed E-state index contributed by atoms with van der Waals surface area (Å²) in [6, 6.07) is 6.34. The lowest BCUT2D eigenvalue weighted by Gasteiger charge is -2.25. The Bertz CT molecular complexity index is 731. The highest BCUT2D eigenvalue weighted by Gasteiger charge is 2.24. The van der Waals surface area contributed by atoms with Crippen LogP contribution in [0.1, 0.15) is 24.5 Å². The second-order valence-corrected chi connectivity index (χ2v) is 7.10. The standard InChI is InChI=1S/C16H18ClN3S/c1-16(2,14-4-3-9-21-14)11-20-13-6-8-18-10-12(13)19-15(20)5-7-17/h3-4,6,8-10H,5,7,11H2,1-2H3. The second kappa shape index (κ2) is 5.78. The lowest BCUT2D eigenvalue weighted by atomic mass is 9.91. The van der Waals surface area contributed by atoms with E-state index >= 15 is 0 Å². The van der Waals surface area contributed by atoms with Crippen LogP contribution < -0.4 is 0 Å². The van der Waals surface area contributed by atoms with Crippen LogP contribution in [0.15, 0.2) is 36.0 Å². The third kappa shape index (κ3) is 2.83. The van der Waals surface area contributed by atoms with Crippen molar-refractivity contribution in [3.8, 4) is 0 Å². The number of pyridine rings is 1. The Labute approximate surface area is 133 Å². The normalized spacial score (nSPS) is 12.1. The summed E-state index contributed by atoms with van der Waals surface area (Å²) >= 11 is 7.74. The Hall–Kier alpha value is -1.39. The van der Waals surface area contributed by atoms with Crippen molar-refractivity contribution in [3.05, 3.63) is 46.7 Å². The van der Waals surface area contributed by atoms with E-state index in [-0.39, 0.29) is 5.41 Å². The highest BCUT2D eigenvalue weighted by molar-refractivity contribution is 7.10. The van der Waals surface area contributed by atoms with Gasteiger partial charge in [-0.15, -0.1) is 22.9 Å². The first-order valence-corrected chi connectivity index (χ1v) is 8.42. The van der Waals surface area contributed by atoms with Crippen molar-refractivity contribution in [2.45, 2.75) is 32.2 Å². The highest BCUT2D eigenvalue weighted by Crippen LogP contribution is 2.31. The highest BCUT2D eigenvalue weighted by atomic mass is 35.5. The maximum Gasteiger partial charge on any atom is 0.111 e. The summed E-state index contributed by atoms with van der Waals surface area (Å²) in [4.78, 5) is 10.2. The van der Waals surface area contributed by atoms with Gasteiger partial charge in [0.15, 0.2) is 0 Å². The number of rotatable bonds is 5. The van der Waals surface area contributed by atoms with Gasteiger partial charge in [-0.1, -0.05) is 19.9 Å². The molecule has 0 amide bonds. The number of fused-ring (bicyclic) bond motifs is 1. The lowest BCUT2D eigenvalue weighted by molar-refractivity contribution is 0.441. The minimum atomic E-state index is 0.0616. The van der Waals surface area contributed by atoms with Gasteiger partial charge in [-0.25, -0.2) is 4.98 Å². The van der Waals surface area contributed by atoms with E-state index in [0.717, 1.165) is 29.8 Å². The second-order valence-electron chi connectivity index (χ2n) is 5.78. The van der Waals surface area contributed by atoms with E-state index in [1.807, 2.05) is 18.5 Å². The summed E-state index contributed by atoms with van der Waals surface area (Å²) in [6.45, 7) is 5.44. The van der Waals surface area contributed by atoms with Crippen LogP contribution in [0.25, 0.3) is 11.0 Å². The minimum absolute atomic E-state index is 0.0616. The molecule has 0 saturated heterocycles. The number of nitrogens with zero attached hydrogens (tertiary/aromatic N) is 3. The minimum Gasteiger partial charge on any atom is -0.327 e. The van der Waals surface area contributed by atoms with Gasteiger partial charge in [0.05, 0.1) is 11.7 Å². The number of hydrogen-bond donors (Lipinski definition) is 0. The van der Waals surface area contributed by atoms with Crippen molar-refractivity contribution < 1.29 is 0 Å². The molecule has 0 fully saturated rings. The van der Waals surface area contributed by atoms with Gasteiger partial charge < -0.3 is 4.57 Å². The number of hydrogen-bond acceptors (Lipinski definition) is 3. The maximum absolute atomic E-state index is 5.94. The summed E-state index contributed by atoms with van der Waals surface area (Å²) in [5, 5.41) is 2.13. The Morgan fingerprint density at radius 2 is 2.19 bits per heavy atom. The number of aromatic nitrogens is 3. The first-order chi connectivity index (χ1) is 10.1. The molecule has 110 valence electrons. The predicted molar refractivity (Wildman–Crippen MR) is 89.3 cm³/mol. The zero-order valence-electron chi connectivity index (χ0n) is 12.2. The molecule has 0 bridgehead atoms. The molecule has 0 aliphatic carbocycles. The fraction of sp³-hybridized carbons (Fsp3) is 0.375. The van der Waals surface area contributed by atoms with E-state index in [9.17, 15) is 0 Å². The van der Waals surface area contributed by atoms with Crippen LogP contribution in [0.2, 0.25) is 0 Å². The molecule has 21 heavy (non-hydrogen) atoms. The largest absolute Gasteiger partial charge is 0.327 e. The molecule has 0 N–H and O–H groups in total. The fourth-order valence-electron chi connectivity index (χ4n) is 2.62. The van der Waals surface area contributed by atoms with Gasteiger partial charge in [-0.3, -0.25) is 4.98 Å². The van der Waals surface area contributed by atoms with Gasteiger partial charge >= 0.3 is 0 Å². The zero-order chi connectivity index (χ0) is 14.9. The smallest absolute Gasteiger partial charge is 0.111 e. The molecule has 3 heterocycles. The maximum atomic E-state index is 5.94. The van der Waals surface area contributed by atoms with E-state index < -0.39 is 0 Å². The Balaban J connectivity index is 2.04. The summed E-state index contributed by atoms with van der Waals surface area (Å²) in [5.74, 6) is 1.62. The van der Waals surface area contributed by atoms with E-state index in [1.165, 1.54) is 4.88 Å².